The Bertz CT molecular complexity index is 817. The van der Waals surface area contributed by atoms with E-state index in [-0.39, 0.29) is 18.4 Å². The van der Waals surface area contributed by atoms with Gasteiger partial charge in [0.2, 0.25) is 0 Å². The molecule has 2 amide bonds. The van der Waals surface area contributed by atoms with E-state index in [0.29, 0.717) is 35.2 Å². The van der Waals surface area contributed by atoms with Crippen LogP contribution in [0.1, 0.15) is 23.2 Å². The molecule has 1 fully saturated rings. The highest BCUT2D eigenvalue weighted by molar-refractivity contribution is 5.94. The standard InChI is InChI=1S/C22H27N3O4/c1-28-20-4-2-3-18(13-20)25-21(26)15-29-19-7-5-17(6-8-19)22(27)24-12-10-16-9-11-23-14-16/h2-8,13,16,23H,9-12,14-15H2,1H3,(H,24,27)(H,25,26). The summed E-state index contributed by atoms with van der Waals surface area (Å²) < 4.78 is 10.6. The number of carbonyl (C=O) groups excluding carboxylic acids is 2. The lowest BCUT2D eigenvalue weighted by molar-refractivity contribution is -0.118. The van der Waals surface area contributed by atoms with E-state index in [9.17, 15) is 9.59 Å². The van der Waals surface area contributed by atoms with Gasteiger partial charge in [0, 0.05) is 23.9 Å². The molecule has 29 heavy (non-hydrogen) atoms. The summed E-state index contributed by atoms with van der Waals surface area (Å²) in [5.74, 6) is 1.46. The Balaban J connectivity index is 1.41. The molecule has 0 bridgehead atoms. The van der Waals surface area contributed by atoms with Gasteiger partial charge in [-0.2, -0.15) is 0 Å². The molecule has 1 unspecified atom stereocenters. The van der Waals surface area contributed by atoms with Gasteiger partial charge in [0.25, 0.3) is 11.8 Å². The molecule has 1 heterocycles. The fraction of sp³-hybridized carbons (Fsp3) is 0.364. The topological polar surface area (TPSA) is 88.7 Å². The van der Waals surface area contributed by atoms with Gasteiger partial charge in [-0.25, -0.2) is 0 Å². The SMILES string of the molecule is COc1cccc(NC(=O)COc2ccc(C(=O)NCCC3CCNC3)cc2)c1. The van der Waals surface area contributed by atoms with E-state index in [2.05, 4.69) is 16.0 Å². The van der Waals surface area contributed by atoms with Crippen molar-refractivity contribution in [1.82, 2.24) is 10.6 Å². The molecule has 1 aliphatic rings. The van der Waals surface area contributed by atoms with E-state index in [1.807, 2.05) is 0 Å². The first kappa shape index (κ1) is 20.7. The molecule has 2 aromatic rings. The first-order chi connectivity index (χ1) is 14.1. The molecule has 0 aromatic heterocycles. The van der Waals surface area contributed by atoms with Gasteiger partial charge in [0.1, 0.15) is 11.5 Å². The molecule has 1 aliphatic heterocycles. The van der Waals surface area contributed by atoms with Crippen molar-refractivity contribution in [2.45, 2.75) is 12.8 Å². The molecular weight excluding hydrogens is 370 g/mol. The number of benzene rings is 2. The third kappa shape index (κ3) is 6.50. The van der Waals surface area contributed by atoms with Crippen molar-refractivity contribution in [2.75, 3.05) is 38.7 Å². The van der Waals surface area contributed by atoms with E-state index in [4.69, 9.17) is 9.47 Å². The third-order valence-electron chi connectivity index (χ3n) is 4.84. The molecule has 154 valence electrons. The average molecular weight is 397 g/mol. The minimum atomic E-state index is -0.276. The molecular formula is C22H27N3O4. The monoisotopic (exact) mass is 397 g/mol. The maximum atomic E-state index is 12.2. The van der Waals surface area contributed by atoms with Gasteiger partial charge in [-0.1, -0.05) is 6.07 Å². The van der Waals surface area contributed by atoms with Gasteiger partial charge in [-0.15, -0.1) is 0 Å². The van der Waals surface area contributed by atoms with Crippen LogP contribution in [0.15, 0.2) is 48.5 Å². The summed E-state index contributed by atoms with van der Waals surface area (Å²) in [6.07, 6.45) is 2.16. The molecule has 1 saturated heterocycles. The summed E-state index contributed by atoms with van der Waals surface area (Å²) in [5.41, 5.74) is 1.21. The number of hydrogen-bond acceptors (Lipinski definition) is 5. The number of ether oxygens (including phenoxy) is 2. The van der Waals surface area contributed by atoms with Crippen LogP contribution in [0.4, 0.5) is 5.69 Å². The van der Waals surface area contributed by atoms with Crippen LogP contribution >= 0.6 is 0 Å². The van der Waals surface area contributed by atoms with Crippen molar-refractivity contribution in [1.29, 1.82) is 0 Å². The zero-order valence-corrected chi connectivity index (χ0v) is 16.6. The van der Waals surface area contributed by atoms with Crippen LogP contribution in [0.5, 0.6) is 11.5 Å². The number of nitrogens with one attached hydrogen (secondary N) is 3. The quantitative estimate of drug-likeness (QED) is 0.605. The van der Waals surface area contributed by atoms with E-state index in [1.54, 1.807) is 55.6 Å². The van der Waals surface area contributed by atoms with Crippen LogP contribution in [0.3, 0.4) is 0 Å². The third-order valence-corrected chi connectivity index (χ3v) is 4.84. The second kappa shape index (κ2) is 10.5. The summed E-state index contributed by atoms with van der Waals surface area (Å²) in [4.78, 5) is 24.3. The summed E-state index contributed by atoms with van der Waals surface area (Å²) >= 11 is 0. The molecule has 0 aliphatic carbocycles. The number of carbonyl (C=O) groups is 2. The maximum absolute atomic E-state index is 12.2. The molecule has 1 atom stereocenters. The lowest BCUT2D eigenvalue weighted by Crippen LogP contribution is -2.26. The van der Waals surface area contributed by atoms with Crippen LogP contribution in [0.2, 0.25) is 0 Å². The lowest BCUT2D eigenvalue weighted by Gasteiger charge is -2.10. The molecule has 2 aromatic carbocycles. The molecule has 7 heteroatoms. The van der Waals surface area contributed by atoms with Gasteiger partial charge >= 0.3 is 0 Å². The van der Waals surface area contributed by atoms with Gasteiger partial charge in [-0.05, 0) is 68.2 Å². The zero-order chi connectivity index (χ0) is 20.5. The smallest absolute Gasteiger partial charge is 0.262 e. The minimum absolute atomic E-state index is 0.0988. The van der Waals surface area contributed by atoms with Crippen molar-refractivity contribution in [3.63, 3.8) is 0 Å². The highest BCUT2D eigenvalue weighted by atomic mass is 16.5. The Labute approximate surface area is 170 Å². The van der Waals surface area contributed by atoms with Crippen LogP contribution in [-0.4, -0.2) is 45.2 Å². The Hall–Kier alpha value is -3.06. The van der Waals surface area contributed by atoms with Crippen molar-refractivity contribution in [3.05, 3.63) is 54.1 Å². The number of rotatable bonds is 9. The van der Waals surface area contributed by atoms with Gasteiger partial charge in [0.15, 0.2) is 6.61 Å². The number of methoxy groups -OCH3 is 1. The van der Waals surface area contributed by atoms with Crippen LogP contribution in [0, 0.1) is 5.92 Å². The van der Waals surface area contributed by atoms with Crippen LogP contribution in [-0.2, 0) is 4.79 Å². The number of amides is 2. The first-order valence-corrected chi connectivity index (χ1v) is 9.80. The summed E-state index contributed by atoms with van der Waals surface area (Å²) in [7, 11) is 1.57. The average Bonchev–Trinajstić information content (AvgIpc) is 3.26. The van der Waals surface area contributed by atoms with Crippen molar-refractivity contribution < 1.29 is 19.1 Å². The maximum Gasteiger partial charge on any atom is 0.262 e. The second-order valence-corrected chi connectivity index (χ2v) is 7.00. The van der Waals surface area contributed by atoms with Crippen molar-refractivity contribution in [3.8, 4) is 11.5 Å². The number of hydrogen-bond donors (Lipinski definition) is 3. The normalized spacial score (nSPS) is 15.6. The summed E-state index contributed by atoms with van der Waals surface area (Å²) in [6.45, 7) is 2.65. The van der Waals surface area contributed by atoms with Crippen LogP contribution < -0.4 is 25.4 Å². The van der Waals surface area contributed by atoms with E-state index < -0.39 is 0 Å². The molecule has 0 saturated carbocycles. The second-order valence-electron chi connectivity index (χ2n) is 7.00. The highest BCUT2D eigenvalue weighted by Gasteiger charge is 2.14. The van der Waals surface area contributed by atoms with Crippen molar-refractivity contribution >= 4 is 17.5 Å². The van der Waals surface area contributed by atoms with Crippen molar-refractivity contribution in [2.24, 2.45) is 5.92 Å². The van der Waals surface area contributed by atoms with Gasteiger partial charge in [0.05, 0.1) is 7.11 Å². The highest BCUT2D eigenvalue weighted by Crippen LogP contribution is 2.17. The fourth-order valence-corrected chi connectivity index (χ4v) is 3.20. The Morgan fingerprint density at radius 1 is 1.14 bits per heavy atom. The Kier molecular flexibility index (Phi) is 7.47. The van der Waals surface area contributed by atoms with E-state index >= 15 is 0 Å². The molecule has 7 nitrogen and oxygen atoms in total. The zero-order valence-electron chi connectivity index (χ0n) is 16.6. The predicted molar refractivity (Wildman–Crippen MR) is 111 cm³/mol. The predicted octanol–water partition coefficient (Wildman–Crippen LogP) is 2.44. The Morgan fingerprint density at radius 3 is 2.69 bits per heavy atom. The van der Waals surface area contributed by atoms with Crippen LogP contribution in [0.25, 0.3) is 0 Å². The summed E-state index contributed by atoms with van der Waals surface area (Å²) in [5, 5.41) is 9.03. The van der Waals surface area contributed by atoms with Gasteiger partial charge < -0.3 is 25.4 Å². The molecule has 3 rings (SSSR count). The molecule has 0 radical (unpaired) electrons. The first-order valence-electron chi connectivity index (χ1n) is 9.80. The molecule has 3 N–H and O–H groups in total. The molecule has 0 spiro atoms. The Morgan fingerprint density at radius 2 is 1.97 bits per heavy atom. The fourth-order valence-electron chi connectivity index (χ4n) is 3.20. The summed E-state index contributed by atoms with van der Waals surface area (Å²) in [6, 6.07) is 13.9. The minimum Gasteiger partial charge on any atom is -0.497 e. The van der Waals surface area contributed by atoms with E-state index in [0.717, 1.165) is 19.5 Å². The van der Waals surface area contributed by atoms with Gasteiger partial charge in [-0.3, -0.25) is 9.59 Å². The largest absolute Gasteiger partial charge is 0.497 e. The van der Waals surface area contributed by atoms with E-state index in [1.165, 1.54) is 6.42 Å². The lowest BCUT2D eigenvalue weighted by atomic mass is 10.1. The number of anilines is 1.